The van der Waals surface area contributed by atoms with Crippen molar-refractivity contribution in [3.05, 3.63) is 54.0 Å². The summed E-state index contributed by atoms with van der Waals surface area (Å²) in [6.07, 6.45) is 4.36. The topological polar surface area (TPSA) is 108 Å². The van der Waals surface area contributed by atoms with E-state index in [1.54, 1.807) is 12.4 Å². The van der Waals surface area contributed by atoms with Crippen LogP contribution in [0, 0.1) is 0 Å². The number of fused-ring (bicyclic) bond motifs is 1. The fraction of sp³-hybridized carbons (Fsp3) is 0.400. The number of hydrogen-bond donors (Lipinski definition) is 2. The van der Waals surface area contributed by atoms with Gasteiger partial charge in [-0.05, 0) is 50.6 Å². The number of rotatable bonds is 5. The fourth-order valence-corrected chi connectivity index (χ4v) is 4.56. The highest BCUT2D eigenvalue weighted by Gasteiger charge is 2.32. The number of carbonyl (C=O) groups excluding carboxylic acids is 1. The monoisotopic (exact) mass is 474 g/mol. The zero-order chi connectivity index (χ0) is 24.2. The molecule has 0 aliphatic carbocycles. The highest BCUT2D eigenvalue weighted by molar-refractivity contribution is 5.89. The molecule has 4 heterocycles. The predicted molar refractivity (Wildman–Crippen MR) is 135 cm³/mol. The van der Waals surface area contributed by atoms with E-state index >= 15 is 0 Å². The van der Waals surface area contributed by atoms with E-state index in [1.165, 1.54) is 5.56 Å². The van der Waals surface area contributed by atoms with Crippen molar-refractivity contribution in [2.45, 2.75) is 26.3 Å². The van der Waals surface area contributed by atoms with E-state index in [9.17, 15) is 4.79 Å². The molecule has 2 aromatic heterocycles. The molecule has 10 heteroatoms. The van der Waals surface area contributed by atoms with Crippen molar-refractivity contribution in [1.29, 1.82) is 0 Å². The molecule has 1 unspecified atom stereocenters. The van der Waals surface area contributed by atoms with Gasteiger partial charge >= 0.3 is 6.03 Å². The zero-order valence-corrected chi connectivity index (χ0v) is 20.1. The Labute approximate surface area is 204 Å². The first-order valence-electron chi connectivity index (χ1n) is 12.1. The first-order chi connectivity index (χ1) is 17.1. The van der Waals surface area contributed by atoms with Gasteiger partial charge in [-0.3, -0.25) is 0 Å². The second-order valence-electron chi connectivity index (χ2n) is 8.56. The lowest BCUT2D eigenvalue weighted by Gasteiger charge is -2.37. The van der Waals surface area contributed by atoms with E-state index < -0.39 is 0 Å². The molecular formula is C25H30N8O2. The first kappa shape index (κ1) is 23.0. The van der Waals surface area contributed by atoms with Gasteiger partial charge in [0.25, 0.3) is 0 Å². The molecule has 0 radical (unpaired) electrons. The Hall–Kier alpha value is -3.79. The Balaban J connectivity index is 1.51. The van der Waals surface area contributed by atoms with Gasteiger partial charge in [-0.25, -0.2) is 24.7 Å². The van der Waals surface area contributed by atoms with Crippen molar-refractivity contribution in [2.24, 2.45) is 0 Å². The molecule has 0 saturated carbocycles. The zero-order valence-electron chi connectivity index (χ0n) is 20.1. The Morgan fingerprint density at radius 3 is 2.54 bits per heavy atom. The van der Waals surface area contributed by atoms with Gasteiger partial charge in [0, 0.05) is 55.4 Å². The van der Waals surface area contributed by atoms with Crippen molar-refractivity contribution in [1.82, 2.24) is 25.3 Å². The smallest absolute Gasteiger partial charge is 0.319 e. The summed E-state index contributed by atoms with van der Waals surface area (Å²) >= 11 is 0. The van der Waals surface area contributed by atoms with Crippen LogP contribution in [0.15, 0.2) is 42.7 Å². The van der Waals surface area contributed by atoms with Crippen LogP contribution in [0.2, 0.25) is 0 Å². The van der Waals surface area contributed by atoms with Crippen LogP contribution in [0.25, 0.3) is 11.4 Å². The normalized spacial score (nSPS) is 17.6. The lowest BCUT2D eigenvalue weighted by molar-refractivity contribution is 0.122. The second kappa shape index (κ2) is 10.2. The molecule has 2 amide bonds. The minimum atomic E-state index is -0.225. The maximum absolute atomic E-state index is 11.9. The van der Waals surface area contributed by atoms with Crippen molar-refractivity contribution in [3.63, 3.8) is 0 Å². The number of nitrogens with zero attached hydrogens (tertiary/aromatic N) is 6. The number of amides is 2. The Morgan fingerprint density at radius 1 is 1.09 bits per heavy atom. The van der Waals surface area contributed by atoms with Crippen molar-refractivity contribution in [3.8, 4) is 11.4 Å². The Bertz CT molecular complexity index is 1170. The molecule has 182 valence electrons. The number of ether oxygens (including phenoxy) is 1. The predicted octanol–water partition coefficient (Wildman–Crippen LogP) is 3.04. The number of anilines is 3. The summed E-state index contributed by atoms with van der Waals surface area (Å²) in [5, 5.41) is 5.57. The average molecular weight is 475 g/mol. The van der Waals surface area contributed by atoms with Crippen LogP contribution < -0.4 is 20.4 Å². The van der Waals surface area contributed by atoms with Crippen LogP contribution in [0.1, 0.15) is 31.1 Å². The third kappa shape index (κ3) is 4.88. The molecule has 1 fully saturated rings. The molecule has 5 rings (SSSR count). The van der Waals surface area contributed by atoms with Gasteiger partial charge in [-0.2, -0.15) is 0 Å². The summed E-state index contributed by atoms with van der Waals surface area (Å²) in [7, 11) is 0. The van der Waals surface area contributed by atoms with Gasteiger partial charge in [0.2, 0.25) is 5.95 Å². The van der Waals surface area contributed by atoms with E-state index in [0.717, 1.165) is 43.1 Å². The number of hydrogen-bond acceptors (Lipinski definition) is 8. The standard InChI is InChI=1S/C25H30N8O2/c1-3-26-25(34)29-19-7-5-18(6-8-19)22-30-21-17(2)33(24-27-10-4-11-28-24)12-9-20(21)23(31-22)32-13-15-35-16-14-32/h4-8,10-11,17H,3,9,12-16H2,1-2H3,(H2,26,29,34). The quantitative estimate of drug-likeness (QED) is 0.581. The maximum Gasteiger partial charge on any atom is 0.319 e. The first-order valence-corrected chi connectivity index (χ1v) is 12.1. The van der Waals surface area contributed by atoms with Gasteiger partial charge in [0.1, 0.15) is 5.82 Å². The van der Waals surface area contributed by atoms with E-state index in [4.69, 9.17) is 14.7 Å². The number of aromatic nitrogens is 4. The van der Waals surface area contributed by atoms with Crippen LogP contribution >= 0.6 is 0 Å². The summed E-state index contributed by atoms with van der Waals surface area (Å²) in [5.41, 5.74) is 3.79. The summed E-state index contributed by atoms with van der Waals surface area (Å²) in [4.78, 5) is 35.4. The van der Waals surface area contributed by atoms with Crippen molar-refractivity contribution < 1.29 is 9.53 Å². The van der Waals surface area contributed by atoms with Gasteiger partial charge in [0.05, 0.1) is 24.9 Å². The average Bonchev–Trinajstić information content (AvgIpc) is 2.90. The molecule has 10 nitrogen and oxygen atoms in total. The molecule has 2 N–H and O–H groups in total. The van der Waals surface area contributed by atoms with E-state index in [-0.39, 0.29) is 12.1 Å². The van der Waals surface area contributed by atoms with Gasteiger partial charge in [0.15, 0.2) is 5.82 Å². The van der Waals surface area contributed by atoms with E-state index in [0.29, 0.717) is 37.2 Å². The lowest BCUT2D eigenvalue weighted by atomic mass is 9.98. The second-order valence-corrected chi connectivity index (χ2v) is 8.56. The van der Waals surface area contributed by atoms with Crippen LogP contribution in [-0.2, 0) is 11.2 Å². The van der Waals surface area contributed by atoms with Crippen LogP contribution in [-0.4, -0.2) is 65.4 Å². The molecule has 2 aliphatic rings. The summed E-state index contributed by atoms with van der Waals surface area (Å²) in [6.45, 7) is 8.39. The molecule has 1 saturated heterocycles. The maximum atomic E-state index is 11.9. The summed E-state index contributed by atoms with van der Waals surface area (Å²) in [6, 6.07) is 9.23. The molecule has 2 aliphatic heterocycles. The molecule has 35 heavy (non-hydrogen) atoms. The summed E-state index contributed by atoms with van der Waals surface area (Å²) < 4.78 is 5.59. The van der Waals surface area contributed by atoms with Crippen LogP contribution in [0.5, 0.6) is 0 Å². The van der Waals surface area contributed by atoms with E-state index in [2.05, 4.69) is 37.3 Å². The van der Waals surface area contributed by atoms with Gasteiger partial charge in [-0.15, -0.1) is 0 Å². The summed E-state index contributed by atoms with van der Waals surface area (Å²) in [5.74, 6) is 2.36. The molecular weight excluding hydrogens is 444 g/mol. The minimum absolute atomic E-state index is 0.00127. The Kier molecular flexibility index (Phi) is 6.71. The number of urea groups is 1. The molecule has 0 bridgehead atoms. The van der Waals surface area contributed by atoms with Gasteiger partial charge in [-0.1, -0.05) is 0 Å². The fourth-order valence-electron chi connectivity index (χ4n) is 4.56. The third-order valence-corrected chi connectivity index (χ3v) is 6.34. The van der Waals surface area contributed by atoms with E-state index in [1.807, 2.05) is 37.3 Å². The van der Waals surface area contributed by atoms with Crippen LogP contribution in [0.3, 0.4) is 0 Å². The lowest BCUT2D eigenvalue weighted by Crippen LogP contribution is -2.41. The highest BCUT2D eigenvalue weighted by atomic mass is 16.5. The third-order valence-electron chi connectivity index (χ3n) is 6.34. The van der Waals surface area contributed by atoms with Crippen molar-refractivity contribution >= 4 is 23.5 Å². The van der Waals surface area contributed by atoms with Gasteiger partial charge < -0.3 is 25.2 Å². The SMILES string of the molecule is CCNC(=O)Nc1ccc(-c2nc3c(c(N4CCOCC4)n2)CCN(c2ncccn2)C3C)cc1. The number of morpholine rings is 1. The largest absolute Gasteiger partial charge is 0.378 e. The Morgan fingerprint density at radius 2 is 1.83 bits per heavy atom. The van der Waals surface area contributed by atoms with Crippen LogP contribution in [0.4, 0.5) is 22.2 Å². The molecule has 0 spiro atoms. The number of benzene rings is 1. The van der Waals surface area contributed by atoms with Crippen molar-refractivity contribution in [2.75, 3.05) is 54.5 Å². The molecule has 3 aromatic rings. The molecule has 1 atom stereocenters. The molecule has 1 aromatic carbocycles. The number of nitrogens with one attached hydrogen (secondary N) is 2. The highest BCUT2D eigenvalue weighted by Crippen LogP contribution is 2.36. The number of carbonyl (C=O) groups is 1. The minimum Gasteiger partial charge on any atom is -0.378 e.